The van der Waals surface area contributed by atoms with Crippen LogP contribution in [0.15, 0.2) is 48.5 Å². The Hall–Kier alpha value is -3.75. The number of anilines is 1. The van der Waals surface area contributed by atoms with Gasteiger partial charge in [-0.3, -0.25) is 4.79 Å². The first kappa shape index (κ1) is 25.3. The molecule has 0 aromatic heterocycles. The molecule has 4 amide bonds. The second-order valence-electron chi connectivity index (χ2n) is 10.3. The number of carbonyl (C=O) groups excluding carboxylic acids is 3. The highest BCUT2D eigenvalue weighted by atomic mass is 16.6. The van der Waals surface area contributed by atoms with Crippen molar-refractivity contribution in [3.05, 3.63) is 59.7 Å². The summed E-state index contributed by atoms with van der Waals surface area (Å²) in [5.41, 5.74) is 1.97. The average Bonchev–Trinajstić information content (AvgIpc) is 3.24. The number of carbonyl (C=O) groups is 3. The minimum absolute atomic E-state index is 0.0659. The molecule has 0 bridgehead atoms. The van der Waals surface area contributed by atoms with Crippen molar-refractivity contribution in [2.24, 2.45) is 11.8 Å². The van der Waals surface area contributed by atoms with Gasteiger partial charge in [0.2, 0.25) is 5.91 Å². The van der Waals surface area contributed by atoms with Crippen LogP contribution in [0.4, 0.5) is 15.3 Å². The molecule has 1 saturated heterocycles. The summed E-state index contributed by atoms with van der Waals surface area (Å²) in [7, 11) is 1.61. The van der Waals surface area contributed by atoms with Gasteiger partial charge in [0.15, 0.2) is 0 Å². The highest BCUT2D eigenvalue weighted by Gasteiger charge is 2.57. The van der Waals surface area contributed by atoms with Crippen LogP contribution in [0.2, 0.25) is 0 Å². The van der Waals surface area contributed by atoms with Crippen LogP contribution in [-0.4, -0.2) is 54.8 Å². The Labute approximate surface area is 211 Å². The maximum Gasteiger partial charge on any atom is 0.407 e. The van der Waals surface area contributed by atoms with E-state index in [2.05, 4.69) is 16.0 Å². The summed E-state index contributed by atoms with van der Waals surface area (Å²) in [5, 5.41) is 8.54. The molecule has 192 valence electrons. The van der Waals surface area contributed by atoms with Crippen molar-refractivity contribution in [2.75, 3.05) is 25.5 Å². The van der Waals surface area contributed by atoms with E-state index in [4.69, 9.17) is 9.47 Å². The number of hydrogen-bond donors (Lipinski definition) is 3. The molecular formula is C27H34N4O5. The summed E-state index contributed by atoms with van der Waals surface area (Å²) in [6.07, 6.45) is -0.101. The van der Waals surface area contributed by atoms with Crippen LogP contribution in [0.25, 0.3) is 0 Å². The van der Waals surface area contributed by atoms with Crippen molar-refractivity contribution in [1.29, 1.82) is 0 Å². The number of fused-ring (bicyclic) bond motifs is 1. The van der Waals surface area contributed by atoms with Gasteiger partial charge in [-0.25, -0.2) is 9.59 Å². The van der Waals surface area contributed by atoms with Crippen molar-refractivity contribution < 1.29 is 23.9 Å². The molecule has 2 aromatic carbocycles. The molecule has 0 unspecified atom stereocenters. The molecular weight excluding hydrogens is 460 g/mol. The van der Waals surface area contributed by atoms with Crippen LogP contribution >= 0.6 is 0 Å². The maximum atomic E-state index is 12.7. The number of amides is 4. The molecule has 2 aliphatic rings. The molecule has 4 rings (SSSR count). The molecule has 36 heavy (non-hydrogen) atoms. The van der Waals surface area contributed by atoms with Gasteiger partial charge in [0.25, 0.3) is 0 Å². The van der Waals surface area contributed by atoms with E-state index >= 15 is 0 Å². The zero-order chi connectivity index (χ0) is 25.9. The number of benzene rings is 2. The lowest BCUT2D eigenvalue weighted by atomic mass is 10.1. The van der Waals surface area contributed by atoms with E-state index in [1.807, 2.05) is 62.1 Å². The predicted molar refractivity (Wildman–Crippen MR) is 136 cm³/mol. The Morgan fingerprint density at radius 3 is 2.14 bits per heavy atom. The fraction of sp³-hybridized carbons (Fsp3) is 0.444. The highest BCUT2D eigenvalue weighted by Crippen LogP contribution is 2.45. The molecule has 2 aromatic rings. The van der Waals surface area contributed by atoms with Crippen LogP contribution in [0.1, 0.15) is 31.9 Å². The second kappa shape index (κ2) is 10.5. The first-order valence-electron chi connectivity index (χ1n) is 12.2. The molecule has 3 atom stereocenters. The lowest BCUT2D eigenvalue weighted by molar-refractivity contribution is -0.130. The third kappa shape index (κ3) is 6.68. The third-order valence-corrected chi connectivity index (χ3v) is 6.41. The molecule has 1 heterocycles. The number of ether oxygens (including phenoxy) is 2. The molecule has 1 aliphatic carbocycles. The number of nitrogens with zero attached hydrogens (tertiary/aromatic N) is 1. The fourth-order valence-corrected chi connectivity index (χ4v) is 4.48. The van der Waals surface area contributed by atoms with Crippen LogP contribution in [-0.2, 0) is 22.5 Å². The molecule has 1 saturated carbocycles. The first-order valence-corrected chi connectivity index (χ1v) is 12.2. The third-order valence-electron chi connectivity index (χ3n) is 6.41. The Balaban J connectivity index is 1.17. The summed E-state index contributed by atoms with van der Waals surface area (Å²) in [6, 6.07) is 14.5. The van der Waals surface area contributed by atoms with Crippen LogP contribution in [0.3, 0.4) is 0 Å². The summed E-state index contributed by atoms with van der Waals surface area (Å²) in [6.45, 7) is 7.21. The molecule has 3 N–H and O–H groups in total. The molecule has 0 spiro atoms. The summed E-state index contributed by atoms with van der Waals surface area (Å²) >= 11 is 0. The largest absolute Gasteiger partial charge is 0.497 e. The van der Waals surface area contributed by atoms with Gasteiger partial charge in [-0.05, 0) is 56.2 Å². The van der Waals surface area contributed by atoms with E-state index in [1.54, 1.807) is 19.2 Å². The number of nitrogens with one attached hydrogen (secondary N) is 3. The quantitative estimate of drug-likeness (QED) is 0.546. The smallest absolute Gasteiger partial charge is 0.407 e. The standard InChI is InChI=1S/C27H34N4O5/c1-27(2,3)36-26(34)30-24-21-15-31(16-22(21)24)23(32)13-17-5-9-19(10-6-17)29-25(33)28-14-18-7-11-20(35-4)12-8-18/h5-12,21-22,24H,13-16H2,1-4H3,(H,30,34)(H2,28,29,33)/t21-,22+,24+. The highest BCUT2D eigenvalue weighted by molar-refractivity contribution is 5.89. The molecule has 2 fully saturated rings. The zero-order valence-electron chi connectivity index (χ0n) is 21.2. The van der Waals surface area contributed by atoms with Crippen molar-refractivity contribution in [3.8, 4) is 5.75 Å². The summed E-state index contributed by atoms with van der Waals surface area (Å²) < 4.78 is 10.4. The van der Waals surface area contributed by atoms with Gasteiger partial charge in [0.05, 0.1) is 13.5 Å². The van der Waals surface area contributed by atoms with Gasteiger partial charge >= 0.3 is 12.1 Å². The van der Waals surface area contributed by atoms with Crippen LogP contribution in [0.5, 0.6) is 5.75 Å². The Bertz CT molecular complexity index is 1080. The lowest BCUT2D eigenvalue weighted by Crippen LogP contribution is -2.40. The topological polar surface area (TPSA) is 109 Å². The van der Waals surface area contributed by atoms with E-state index in [1.165, 1.54) is 0 Å². The lowest BCUT2D eigenvalue weighted by Gasteiger charge is -2.22. The van der Waals surface area contributed by atoms with Gasteiger partial charge in [0.1, 0.15) is 11.4 Å². The summed E-state index contributed by atoms with van der Waals surface area (Å²) in [4.78, 5) is 38.8. The van der Waals surface area contributed by atoms with Crippen LogP contribution < -0.4 is 20.7 Å². The number of rotatable bonds is 7. The zero-order valence-corrected chi connectivity index (χ0v) is 21.2. The van der Waals surface area contributed by atoms with E-state index in [0.29, 0.717) is 43.6 Å². The number of hydrogen-bond acceptors (Lipinski definition) is 5. The number of likely N-dealkylation sites (tertiary alicyclic amines) is 1. The van der Waals surface area contributed by atoms with E-state index in [0.717, 1.165) is 16.9 Å². The van der Waals surface area contributed by atoms with E-state index < -0.39 is 11.7 Å². The van der Waals surface area contributed by atoms with Gasteiger partial charge in [0, 0.05) is 43.2 Å². The van der Waals surface area contributed by atoms with Gasteiger partial charge < -0.3 is 30.3 Å². The second-order valence-corrected chi connectivity index (χ2v) is 10.3. The molecule has 0 radical (unpaired) electrons. The van der Waals surface area contributed by atoms with Gasteiger partial charge in [-0.1, -0.05) is 24.3 Å². The monoisotopic (exact) mass is 494 g/mol. The first-order chi connectivity index (χ1) is 17.1. The summed E-state index contributed by atoms with van der Waals surface area (Å²) in [5.74, 6) is 1.42. The number of urea groups is 1. The van der Waals surface area contributed by atoms with Gasteiger partial charge in [-0.15, -0.1) is 0 Å². The van der Waals surface area contributed by atoms with Crippen LogP contribution in [0, 0.1) is 11.8 Å². The van der Waals surface area contributed by atoms with Crippen molar-refractivity contribution in [2.45, 2.75) is 45.4 Å². The number of alkyl carbamates (subject to hydrolysis) is 1. The van der Waals surface area contributed by atoms with E-state index in [9.17, 15) is 14.4 Å². The fourth-order valence-electron chi connectivity index (χ4n) is 4.48. The molecule has 9 nitrogen and oxygen atoms in total. The Kier molecular flexibility index (Phi) is 7.37. The Morgan fingerprint density at radius 2 is 1.56 bits per heavy atom. The normalized spacial score (nSPS) is 20.2. The van der Waals surface area contributed by atoms with Crippen molar-refractivity contribution in [1.82, 2.24) is 15.5 Å². The van der Waals surface area contributed by atoms with Crippen molar-refractivity contribution >= 4 is 23.7 Å². The number of methoxy groups -OCH3 is 1. The predicted octanol–water partition coefficient (Wildman–Crippen LogP) is 3.54. The van der Waals surface area contributed by atoms with E-state index in [-0.39, 0.29) is 18.0 Å². The SMILES string of the molecule is COc1ccc(CNC(=O)Nc2ccc(CC(=O)N3C[C@@H]4[C@H](C3)[C@H]4NC(=O)OC(C)(C)C)cc2)cc1. The van der Waals surface area contributed by atoms with Crippen molar-refractivity contribution in [3.63, 3.8) is 0 Å². The Morgan fingerprint density at radius 1 is 0.944 bits per heavy atom. The minimum atomic E-state index is -0.526. The molecule has 9 heteroatoms. The minimum Gasteiger partial charge on any atom is -0.497 e. The average molecular weight is 495 g/mol. The molecule has 1 aliphatic heterocycles. The van der Waals surface area contributed by atoms with Gasteiger partial charge in [-0.2, -0.15) is 0 Å². The number of piperidine rings is 1. The maximum absolute atomic E-state index is 12.7.